The van der Waals surface area contributed by atoms with Gasteiger partial charge in [-0.2, -0.15) is 10.5 Å². The Kier molecular flexibility index (Phi) is 11.9. The van der Waals surface area contributed by atoms with Gasteiger partial charge in [0.1, 0.15) is 35.0 Å². The lowest BCUT2D eigenvalue weighted by Gasteiger charge is -2.13. The lowest BCUT2D eigenvalue weighted by atomic mass is 10.0. The molecule has 0 aromatic carbocycles. The number of Topliss-reactive ketones (excluding diaryl/α,β-unsaturated/α-hetero) is 4. The largest absolute Gasteiger partial charge is 0.299 e. The molecule has 0 saturated heterocycles. The van der Waals surface area contributed by atoms with Crippen molar-refractivity contribution in [3.05, 3.63) is 26.8 Å². The Hall–Kier alpha value is -1.02. The van der Waals surface area contributed by atoms with Crippen molar-refractivity contribution in [2.45, 2.75) is 40.5 Å². The maximum atomic E-state index is 12.3. The minimum atomic E-state index is -0.851. The van der Waals surface area contributed by atoms with E-state index in [1.807, 2.05) is 0 Å². The second-order valence-corrected chi connectivity index (χ2v) is 14.5. The second kappa shape index (κ2) is 13.9. The summed E-state index contributed by atoms with van der Waals surface area (Å²) in [6.45, 7) is 5.61. The molecule has 12 heteroatoms. The van der Waals surface area contributed by atoms with E-state index in [1.165, 1.54) is 98.3 Å². The van der Waals surface area contributed by atoms with Crippen molar-refractivity contribution < 1.29 is 19.2 Å². The maximum Gasteiger partial charge on any atom is 0.145 e. The van der Waals surface area contributed by atoms with Crippen molar-refractivity contribution in [2.24, 2.45) is 11.8 Å². The summed E-state index contributed by atoms with van der Waals surface area (Å²) in [6.07, 6.45) is 0.689. The third-order valence-electron chi connectivity index (χ3n) is 4.39. The lowest BCUT2D eigenvalue weighted by molar-refractivity contribution is -0.130. The van der Waals surface area contributed by atoms with E-state index in [9.17, 15) is 19.2 Å². The van der Waals surface area contributed by atoms with Crippen molar-refractivity contribution >= 4 is 93.7 Å². The molecule has 0 atom stereocenters. The van der Waals surface area contributed by atoms with Crippen LogP contribution in [0.1, 0.15) is 40.5 Å². The van der Waals surface area contributed by atoms with Crippen LogP contribution in [0.5, 0.6) is 0 Å². The molecule has 0 radical (unpaired) electrons. The van der Waals surface area contributed by atoms with Gasteiger partial charge in [-0.15, -0.1) is 23.5 Å². The summed E-state index contributed by atoms with van der Waals surface area (Å²) in [5, 5.41) is 17.8. The van der Waals surface area contributed by atoms with Gasteiger partial charge >= 0.3 is 0 Å². The molecule has 0 aromatic heterocycles. The number of ketones is 4. The number of carbonyl (C=O) groups is 4. The van der Waals surface area contributed by atoms with E-state index in [4.69, 9.17) is 10.5 Å². The van der Waals surface area contributed by atoms with Crippen LogP contribution in [0, 0.1) is 34.5 Å². The van der Waals surface area contributed by atoms with Crippen molar-refractivity contribution in [2.75, 3.05) is 11.5 Å². The van der Waals surface area contributed by atoms with Crippen molar-refractivity contribution in [3.8, 4) is 12.1 Å². The molecule has 6 nitrogen and oxygen atoms in total. The number of allylic oxidation sites excluding steroid dienone is 2. The molecule has 2 aliphatic rings. The highest BCUT2D eigenvalue weighted by Crippen LogP contribution is 2.65. The summed E-state index contributed by atoms with van der Waals surface area (Å²) in [5.74, 6) is -1.53. The molecular formula is C22H22N2O4S6. The maximum absolute atomic E-state index is 12.3. The van der Waals surface area contributed by atoms with E-state index in [2.05, 4.69) is 12.1 Å². The number of hydrogen-bond acceptors (Lipinski definition) is 12. The minimum absolute atomic E-state index is 0.230. The highest BCUT2D eigenvalue weighted by molar-refractivity contribution is 8.40. The van der Waals surface area contributed by atoms with Crippen molar-refractivity contribution in [3.63, 3.8) is 0 Å². The van der Waals surface area contributed by atoms with Gasteiger partial charge in [0.2, 0.25) is 0 Å². The molecule has 180 valence electrons. The number of thioether (sulfide) groups is 6. The molecule has 0 fully saturated rings. The Bertz CT molecular complexity index is 968. The molecular weight excluding hydrogens is 549 g/mol. The first-order chi connectivity index (χ1) is 16.1. The van der Waals surface area contributed by atoms with Gasteiger partial charge in [-0.25, -0.2) is 0 Å². The fourth-order valence-corrected chi connectivity index (χ4v) is 12.1. The molecule has 0 saturated carbocycles. The Labute approximate surface area is 224 Å². The summed E-state index contributed by atoms with van der Waals surface area (Å²) in [6, 6.07) is 4.21. The van der Waals surface area contributed by atoms with Crippen LogP contribution in [0.3, 0.4) is 0 Å². The van der Waals surface area contributed by atoms with Crippen LogP contribution >= 0.6 is 70.6 Å². The Morgan fingerprint density at radius 1 is 0.676 bits per heavy atom. The van der Waals surface area contributed by atoms with Crippen molar-refractivity contribution in [1.29, 1.82) is 10.5 Å². The number of nitrogens with zero attached hydrogens (tertiary/aromatic N) is 2. The SMILES string of the molecule is CC(=O)C(C(C)=O)C1=C(SCCC#N)S/C(=C2/SC(SCCC#N)=C(C(C(C)=O)C(C)=O)S2)S1. The van der Waals surface area contributed by atoms with Gasteiger partial charge < -0.3 is 0 Å². The van der Waals surface area contributed by atoms with E-state index in [0.29, 0.717) is 34.2 Å². The number of rotatable bonds is 12. The van der Waals surface area contributed by atoms with Crippen LogP contribution in [-0.2, 0) is 19.2 Å². The molecule has 0 unspecified atom stereocenters. The van der Waals surface area contributed by atoms with E-state index >= 15 is 0 Å². The van der Waals surface area contributed by atoms with Gasteiger partial charge in [0, 0.05) is 34.2 Å². The van der Waals surface area contributed by atoms with Crippen LogP contribution in [0.4, 0.5) is 0 Å². The molecule has 0 aromatic rings. The van der Waals surface area contributed by atoms with Gasteiger partial charge in [-0.3, -0.25) is 19.2 Å². The van der Waals surface area contributed by atoms with E-state index in [0.717, 1.165) is 16.9 Å². The zero-order chi connectivity index (χ0) is 25.4. The van der Waals surface area contributed by atoms with Gasteiger partial charge in [-0.1, -0.05) is 47.0 Å². The summed E-state index contributed by atoms with van der Waals surface area (Å²) >= 11 is 8.59. The fraction of sp³-hybridized carbons (Fsp3) is 0.455. The summed E-state index contributed by atoms with van der Waals surface area (Å²) in [7, 11) is 0. The smallest absolute Gasteiger partial charge is 0.145 e. The Morgan fingerprint density at radius 2 is 1.00 bits per heavy atom. The highest BCUT2D eigenvalue weighted by atomic mass is 32.2. The zero-order valence-electron chi connectivity index (χ0n) is 19.0. The molecule has 2 rings (SSSR count). The first-order valence-corrected chi connectivity index (χ1v) is 15.3. The third kappa shape index (κ3) is 7.49. The summed E-state index contributed by atoms with van der Waals surface area (Å²) < 4.78 is 3.44. The predicted molar refractivity (Wildman–Crippen MR) is 147 cm³/mol. The summed E-state index contributed by atoms with van der Waals surface area (Å²) in [5.41, 5.74) is 0. The van der Waals surface area contributed by atoms with Crippen LogP contribution in [0.25, 0.3) is 0 Å². The number of carbonyl (C=O) groups excluding carboxylic acids is 4. The lowest BCUT2D eigenvalue weighted by Crippen LogP contribution is -2.20. The van der Waals surface area contributed by atoms with E-state index in [1.54, 1.807) is 0 Å². The van der Waals surface area contributed by atoms with Crippen LogP contribution in [-0.4, -0.2) is 34.6 Å². The van der Waals surface area contributed by atoms with Crippen LogP contribution in [0.15, 0.2) is 26.8 Å². The first kappa shape index (κ1) is 29.2. The highest BCUT2D eigenvalue weighted by Gasteiger charge is 2.39. The fourth-order valence-electron chi connectivity index (χ4n) is 3.00. The topological polar surface area (TPSA) is 116 Å². The standard InChI is InChI=1S/C22H22N2O4S6/c1-11(25)15(12(2)26)17-19(29-9-5-7-23)33-21(31-17)22-32-18(16(13(3)27)14(4)28)20(34-22)30-10-6-8-24/h15-16H,5-6,9-10H2,1-4H3/b22-21+. The van der Waals surface area contributed by atoms with Crippen LogP contribution in [0.2, 0.25) is 0 Å². The predicted octanol–water partition coefficient (Wildman–Crippen LogP) is 6.29. The van der Waals surface area contributed by atoms with Gasteiger partial charge in [0.25, 0.3) is 0 Å². The molecule has 0 N–H and O–H groups in total. The minimum Gasteiger partial charge on any atom is -0.299 e. The molecule has 0 bridgehead atoms. The monoisotopic (exact) mass is 570 g/mol. The third-order valence-corrected chi connectivity index (χ3v) is 13.1. The van der Waals surface area contributed by atoms with E-state index < -0.39 is 11.8 Å². The average Bonchev–Trinajstić information content (AvgIpc) is 3.32. The molecule has 2 heterocycles. The normalized spacial score (nSPS) is 18.0. The molecule has 2 aliphatic heterocycles. The quantitative estimate of drug-likeness (QED) is 0.194. The first-order valence-electron chi connectivity index (χ1n) is 10.1. The number of nitriles is 2. The Morgan fingerprint density at radius 3 is 1.26 bits per heavy atom. The second-order valence-electron chi connectivity index (χ2n) is 7.11. The van der Waals surface area contributed by atoms with E-state index in [-0.39, 0.29) is 23.1 Å². The van der Waals surface area contributed by atoms with Crippen LogP contribution < -0.4 is 0 Å². The van der Waals surface area contributed by atoms with Gasteiger partial charge in [0.05, 0.1) is 29.1 Å². The summed E-state index contributed by atoms with van der Waals surface area (Å²) in [4.78, 5) is 50.5. The van der Waals surface area contributed by atoms with Gasteiger partial charge in [0.15, 0.2) is 0 Å². The molecule has 0 spiro atoms. The Balaban J connectivity index is 2.42. The molecule has 34 heavy (non-hydrogen) atoms. The van der Waals surface area contributed by atoms with Crippen molar-refractivity contribution in [1.82, 2.24) is 0 Å². The molecule has 0 amide bonds. The molecule has 0 aliphatic carbocycles. The zero-order valence-corrected chi connectivity index (χ0v) is 23.9. The average molecular weight is 571 g/mol. The number of hydrogen-bond donors (Lipinski definition) is 0. The van der Waals surface area contributed by atoms with Gasteiger partial charge in [-0.05, 0) is 27.7 Å².